The van der Waals surface area contributed by atoms with Gasteiger partial charge in [0, 0.05) is 0 Å². The zero-order valence-corrected chi connectivity index (χ0v) is 10.6. The zero-order valence-electron chi connectivity index (χ0n) is 8.94. The molecule has 0 spiro atoms. The van der Waals surface area contributed by atoms with Gasteiger partial charge < -0.3 is 0 Å². The molecule has 16 heavy (non-hydrogen) atoms. The summed E-state index contributed by atoms with van der Waals surface area (Å²) in [5.74, 6) is -0.781. The Morgan fingerprint density at radius 2 is 1.25 bits per heavy atom. The van der Waals surface area contributed by atoms with Crippen molar-refractivity contribution in [2.45, 2.75) is 13.8 Å². The summed E-state index contributed by atoms with van der Waals surface area (Å²) in [7, 11) is 0. The van der Waals surface area contributed by atoms with Gasteiger partial charge in [-0.3, -0.25) is 9.59 Å². The van der Waals surface area contributed by atoms with E-state index in [9.17, 15) is 9.59 Å². The van der Waals surface area contributed by atoms with Crippen LogP contribution in [0, 0.1) is 13.8 Å². The van der Waals surface area contributed by atoms with E-state index in [2.05, 4.69) is 0 Å². The molecule has 2 aromatic rings. The molecule has 2 aromatic heterocycles. The molecular weight excluding hydrogens is 240 g/mol. The molecule has 0 N–H and O–H groups in total. The number of hydrogen-bond donors (Lipinski definition) is 0. The van der Waals surface area contributed by atoms with E-state index in [-0.39, 0.29) is 0 Å². The number of thiophene rings is 2. The Labute approximate surface area is 102 Å². The second-order valence-electron chi connectivity index (χ2n) is 3.52. The third-order valence-electron chi connectivity index (χ3n) is 2.34. The highest BCUT2D eigenvalue weighted by Gasteiger charge is 2.23. The van der Waals surface area contributed by atoms with Crippen LogP contribution in [0.15, 0.2) is 22.9 Å². The standard InChI is InChI=1S/C12H10O2S2/c1-7-3-5-15-11(7)9(13)10(14)12-8(2)4-6-16-12/h3-6H,1-2H3. The van der Waals surface area contributed by atoms with Crippen LogP contribution < -0.4 is 0 Å². The summed E-state index contributed by atoms with van der Waals surface area (Å²) < 4.78 is 0. The molecule has 2 rings (SSSR count). The van der Waals surface area contributed by atoms with Crippen molar-refractivity contribution < 1.29 is 9.59 Å². The lowest BCUT2D eigenvalue weighted by molar-refractivity contribution is 0.0821. The van der Waals surface area contributed by atoms with Crippen LogP contribution in [0.5, 0.6) is 0 Å². The molecule has 4 heteroatoms. The maximum Gasteiger partial charge on any atom is 0.244 e. The topological polar surface area (TPSA) is 34.1 Å². The predicted molar refractivity (Wildman–Crippen MR) is 66.8 cm³/mol. The molecule has 2 nitrogen and oxygen atoms in total. The average molecular weight is 250 g/mol. The van der Waals surface area contributed by atoms with E-state index in [1.807, 2.05) is 36.7 Å². The lowest BCUT2D eigenvalue weighted by Crippen LogP contribution is -2.13. The van der Waals surface area contributed by atoms with Crippen LogP contribution in [0.25, 0.3) is 0 Å². The minimum atomic E-state index is -0.391. The van der Waals surface area contributed by atoms with Crippen molar-refractivity contribution in [2.24, 2.45) is 0 Å². The second kappa shape index (κ2) is 4.31. The normalized spacial score (nSPS) is 10.4. The van der Waals surface area contributed by atoms with Crippen molar-refractivity contribution in [1.82, 2.24) is 0 Å². The van der Waals surface area contributed by atoms with Gasteiger partial charge >= 0.3 is 0 Å². The molecule has 0 aliphatic carbocycles. The molecule has 82 valence electrons. The summed E-state index contributed by atoms with van der Waals surface area (Å²) in [4.78, 5) is 25.0. The highest BCUT2D eigenvalue weighted by atomic mass is 32.1. The van der Waals surface area contributed by atoms with Crippen LogP contribution in [-0.4, -0.2) is 11.6 Å². The molecule has 2 heterocycles. The number of aryl methyl sites for hydroxylation is 2. The zero-order chi connectivity index (χ0) is 11.7. The molecule has 0 saturated heterocycles. The third kappa shape index (κ3) is 1.86. The van der Waals surface area contributed by atoms with Crippen LogP contribution in [0.3, 0.4) is 0 Å². The van der Waals surface area contributed by atoms with E-state index < -0.39 is 11.6 Å². The first kappa shape index (κ1) is 11.2. The molecule has 0 aliphatic rings. The van der Waals surface area contributed by atoms with Gasteiger partial charge in [0.25, 0.3) is 0 Å². The van der Waals surface area contributed by atoms with Gasteiger partial charge in [-0.25, -0.2) is 0 Å². The first-order chi connectivity index (χ1) is 7.61. The fourth-order valence-corrected chi connectivity index (χ4v) is 3.14. The van der Waals surface area contributed by atoms with Crippen LogP contribution in [-0.2, 0) is 0 Å². The molecule has 0 fully saturated rings. The molecule has 0 unspecified atom stereocenters. The maximum atomic E-state index is 11.9. The van der Waals surface area contributed by atoms with Gasteiger partial charge in [0.15, 0.2) is 0 Å². The van der Waals surface area contributed by atoms with Gasteiger partial charge in [-0.1, -0.05) is 0 Å². The number of ketones is 2. The summed E-state index contributed by atoms with van der Waals surface area (Å²) in [5.41, 5.74) is 1.75. The summed E-state index contributed by atoms with van der Waals surface area (Å²) in [6.07, 6.45) is 0. The van der Waals surface area contributed by atoms with E-state index >= 15 is 0 Å². The SMILES string of the molecule is Cc1ccsc1C(=O)C(=O)c1sccc1C. The van der Waals surface area contributed by atoms with Crippen LogP contribution in [0.2, 0.25) is 0 Å². The predicted octanol–water partition coefficient (Wildman–Crippen LogP) is 3.49. The van der Waals surface area contributed by atoms with Gasteiger partial charge in [0.1, 0.15) is 0 Å². The van der Waals surface area contributed by atoms with E-state index in [0.29, 0.717) is 9.75 Å². The Bertz CT molecular complexity index is 499. The largest absolute Gasteiger partial charge is 0.284 e. The van der Waals surface area contributed by atoms with Gasteiger partial charge in [-0.15, -0.1) is 22.7 Å². The number of carbonyl (C=O) groups excluding carboxylic acids is 2. The third-order valence-corrected chi connectivity index (χ3v) is 4.37. The maximum absolute atomic E-state index is 11.9. The Hall–Kier alpha value is -1.26. The molecule has 0 aromatic carbocycles. The fraction of sp³-hybridized carbons (Fsp3) is 0.167. The Kier molecular flexibility index (Phi) is 3.03. The lowest BCUT2D eigenvalue weighted by Gasteiger charge is -1.98. The van der Waals surface area contributed by atoms with E-state index in [0.717, 1.165) is 11.1 Å². The Morgan fingerprint density at radius 3 is 1.50 bits per heavy atom. The van der Waals surface area contributed by atoms with Crippen molar-refractivity contribution in [1.29, 1.82) is 0 Å². The first-order valence-electron chi connectivity index (χ1n) is 4.78. The molecule has 0 bridgehead atoms. The molecule has 0 aliphatic heterocycles. The molecule has 0 atom stereocenters. The van der Waals surface area contributed by atoms with Crippen molar-refractivity contribution in [3.8, 4) is 0 Å². The van der Waals surface area contributed by atoms with Gasteiger partial charge in [0.2, 0.25) is 11.6 Å². The smallest absolute Gasteiger partial charge is 0.244 e. The van der Waals surface area contributed by atoms with Crippen molar-refractivity contribution in [2.75, 3.05) is 0 Å². The molecule has 0 amide bonds. The van der Waals surface area contributed by atoms with Crippen LogP contribution in [0.4, 0.5) is 0 Å². The van der Waals surface area contributed by atoms with Crippen molar-refractivity contribution in [3.05, 3.63) is 43.8 Å². The summed E-state index contributed by atoms with van der Waals surface area (Å²) >= 11 is 2.65. The number of hydrogen-bond acceptors (Lipinski definition) is 4. The number of Topliss-reactive ketones (excluding diaryl/α,β-unsaturated/α-hetero) is 2. The van der Waals surface area contributed by atoms with Crippen LogP contribution in [0.1, 0.15) is 30.5 Å². The summed E-state index contributed by atoms with van der Waals surface area (Å²) in [5, 5.41) is 3.66. The molecule has 0 saturated carbocycles. The van der Waals surface area contributed by atoms with E-state index in [4.69, 9.17) is 0 Å². The second-order valence-corrected chi connectivity index (χ2v) is 5.36. The Morgan fingerprint density at radius 1 is 0.875 bits per heavy atom. The van der Waals surface area contributed by atoms with Gasteiger partial charge in [-0.2, -0.15) is 0 Å². The van der Waals surface area contributed by atoms with E-state index in [1.165, 1.54) is 22.7 Å². The average Bonchev–Trinajstić information content (AvgIpc) is 2.85. The number of carbonyl (C=O) groups is 2. The van der Waals surface area contributed by atoms with Crippen molar-refractivity contribution in [3.63, 3.8) is 0 Å². The van der Waals surface area contributed by atoms with Crippen molar-refractivity contribution >= 4 is 34.2 Å². The minimum Gasteiger partial charge on any atom is -0.284 e. The Balaban J connectivity index is 2.34. The summed E-state index contributed by atoms with van der Waals surface area (Å²) in [6.45, 7) is 3.69. The summed E-state index contributed by atoms with van der Waals surface area (Å²) in [6, 6.07) is 3.71. The van der Waals surface area contributed by atoms with Gasteiger partial charge in [0.05, 0.1) is 9.75 Å². The van der Waals surface area contributed by atoms with Crippen LogP contribution >= 0.6 is 22.7 Å². The lowest BCUT2D eigenvalue weighted by atomic mass is 10.1. The fourth-order valence-electron chi connectivity index (χ4n) is 1.42. The molecule has 0 radical (unpaired) electrons. The quantitative estimate of drug-likeness (QED) is 0.617. The first-order valence-corrected chi connectivity index (χ1v) is 6.54. The minimum absolute atomic E-state index is 0.391. The molecular formula is C12H10O2S2. The highest BCUT2D eigenvalue weighted by Crippen LogP contribution is 2.22. The monoisotopic (exact) mass is 250 g/mol. The van der Waals surface area contributed by atoms with E-state index in [1.54, 1.807) is 0 Å². The number of rotatable bonds is 3. The highest BCUT2D eigenvalue weighted by molar-refractivity contribution is 7.15. The van der Waals surface area contributed by atoms with Gasteiger partial charge in [-0.05, 0) is 47.9 Å².